The molecule has 0 aromatic rings. The number of hydrogen-bond donors (Lipinski definition) is 1. The largest absolute Gasteiger partial charge is 0.393 e. The van der Waals surface area contributed by atoms with Gasteiger partial charge in [0.15, 0.2) is 0 Å². The van der Waals surface area contributed by atoms with E-state index in [0.717, 1.165) is 19.1 Å². The zero-order valence-electron chi connectivity index (χ0n) is 19.3. The van der Waals surface area contributed by atoms with Crippen LogP contribution in [0.3, 0.4) is 0 Å². The second kappa shape index (κ2) is 24.7. The van der Waals surface area contributed by atoms with Crippen molar-refractivity contribution in [3.63, 3.8) is 0 Å². The number of aliphatic hydroxyl groups excluding tert-OH is 1. The third-order valence-electron chi connectivity index (χ3n) is 6.01. The first-order valence-electron chi connectivity index (χ1n) is 12.9. The van der Waals surface area contributed by atoms with E-state index >= 15 is 0 Å². The Morgan fingerprint density at radius 3 is 1.11 bits per heavy atom. The van der Waals surface area contributed by atoms with Gasteiger partial charge < -0.3 is 9.90 Å². The molecule has 0 aliphatic heterocycles. The van der Waals surface area contributed by atoms with Crippen molar-refractivity contribution in [1.82, 2.24) is 0 Å². The zero-order valence-corrected chi connectivity index (χ0v) is 19.3. The zero-order chi connectivity index (χ0) is 20.5. The standard InChI is InChI=1S/C26H52O2/c1-2-3-4-5-6-7-8-9-10-11-12-13-14-15-16-17-18-19-20-21-22-23-26(28)24-25-27/h25-26,28H,2-24H2,1H3. The molecule has 0 fully saturated rings. The highest BCUT2D eigenvalue weighted by Crippen LogP contribution is 2.15. The summed E-state index contributed by atoms with van der Waals surface area (Å²) in [5, 5.41) is 9.48. The molecule has 0 rings (SSSR count). The Morgan fingerprint density at radius 2 is 0.821 bits per heavy atom. The van der Waals surface area contributed by atoms with Gasteiger partial charge in [0.2, 0.25) is 0 Å². The van der Waals surface area contributed by atoms with Gasteiger partial charge in [-0.3, -0.25) is 0 Å². The first-order valence-corrected chi connectivity index (χ1v) is 12.9. The Labute approximate surface area is 177 Å². The number of carbonyl (C=O) groups is 1. The minimum atomic E-state index is -0.405. The van der Waals surface area contributed by atoms with E-state index in [2.05, 4.69) is 6.92 Å². The molecule has 0 aliphatic carbocycles. The predicted molar refractivity (Wildman–Crippen MR) is 124 cm³/mol. The van der Waals surface area contributed by atoms with Crippen LogP contribution in [-0.2, 0) is 4.79 Å². The van der Waals surface area contributed by atoms with Gasteiger partial charge >= 0.3 is 0 Å². The maximum Gasteiger partial charge on any atom is 0.122 e. The number of hydrogen-bond acceptors (Lipinski definition) is 2. The third-order valence-corrected chi connectivity index (χ3v) is 6.01. The first-order chi connectivity index (χ1) is 13.8. The number of carbonyl (C=O) groups excluding carboxylic acids is 1. The second-order valence-corrected chi connectivity index (χ2v) is 8.92. The van der Waals surface area contributed by atoms with E-state index in [1.54, 1.807) is 0 Å². The van der Waals surface area contributed by atoms with Crippen molar-refractivity contribution in [3.8, 4) is 0 Å². The van der Waals surface area contributed by atoms with Crippen LogP contribution in [0.2, 0.25) is 0 Å². The lowest BCUT2D eigenvalue weighted by molar-refractivity contribution is -0.109. The summed E-state index contributed by atoms with van der Waals surface area (Å²) in [5.74, 6) is 0. The van der Waals surface area contributed by atoms with Gasteiger partial charge in [-0.1, -0.05) is 142 Å². The monoisotopic (exact) mass is 396 g/mol. The van der Waals surface area contributed by atoms with E-state index in [1.165, 1.54) is 128 Å². The fraction of sp³-hybridized carbons (Fsp3) is 0.962. The van der Waals surface area contributed by atoms with E-state index in [9.17, 15) is 9.90 Å². The van der Waals surface area contributed by atoms with E-state index in [4.69, 9.17) is 0 Å². The van der Waals surface area contributed by atoms with Gasteiger partial charge in [-0.05, 0) is 6.42 Å². The molecule has 0 amide bonds. The molecule has 0 heterocycles. The summed E-state index contributed by atoms with van der Waals surface area (Å²) in [6.45, 7) is 2.29. The highest BCUT2D eigenvalue weighted by molar-refractivity contribution is 5.49. The molecule has 0 spiro atoms. The van der Waals surface area contributed by atoms with Crippen molar-refractivity contribution in [2.75, 3.05) is 0 Å². The minimum Gasteiger partial charge on any atom is -0.393 e. The molecule has 0 bridgehead atoms. The topological polar surface area (TPSA) is 37.3 Å². The highest BCUT2D eigenvalue weighted by Gasteiger charge is 2.02. The molecular formula is C26H52O2. The van der Waals surface area contributed by atoms with Gasteiger partial charge in [-0.2, -0.15) is 0 Å². The molecule has 0 saturated heterocycles. The number of aliphatic hydroxyl groups is 1. The van der Waals surface area contributed by atoms with Crippen LogP contribution < -0.4 is 0 Å². The van der Waals surface area contributed by atoms with Crippen LogP contribution in [0.4, 0.5) is 0 Å². The molecule has 1 unspecified atom stereocenters. The van der Waals surface area contributed by atoms with Crippen molar-refractivity contribution in [1.29, 1.82) is 0 Å². The quantitative estimate of drug-likeness (QED) is 0.131. The summed E-state index contributed by atoms with van der Waals surface area (Å²) in [7, 11) is 0. The van der Waals surface area contributed by atoms with Gasteiger partial charge in [0.25, 0.3) is 0 Å². The Balaban J connectivity index is 3.02. The summed E-state index contributed by atoms with van der Waals surface area (Å²) >= 11 is 0. The van der Waals surface area contributed by atoms with Gasteiger partial charge in [0.05, 0.1) is 6.10 Å². The molecular weight excluding hydrogens is 344 g/mol. The molecule has 168 valence electrons. The lowest BCUT2D eigenvalue weighted by atomic mass is 10.0. The molecule has 2 nitrogen and oxygen atoms in total. The molecule has 0 aromatic carbocycles. The molecule has 1 N–H and O–H groups in total. The van der Waals surface area contributed by atoms with Crippen LogP contribution >= 0.6 is 0 Å². The summed E-state index contributed by atoms with van der Waals surface area (Å²) < 4.78 is 0. The van der Waals surface area contributed by atoms with Gasteiger partial charge in [-0.15, -0.1) is 0 Å². The van der Waals surface area contributed by atoms with Crippen LogP contribution in [0.5, 0.6) is 0 Å². The van der Waals surface area contributed by atoms with Crippen molar-refractivity contribution in [3.05, 3.63) is 0 Å². The van der Waals surface area contributed by atoms with Crippen LogP contribution in [0.15, 0.2) is 0 Å². The smallest absolute Gasteiger partial charge is 0.122 e. The van der Waals surface area contributed by atoms with Crippen molar-refractivity contribution in [2.45, 2.75) is 161 Å². The lowest BCUT2D eigenvalue weighted by Crippen LogP contribution is -2.06. The summed E-state index contributed by atoms with van der Waals surface area (Å²) in [5.41, 5.74) is 0. The third kappa shape index (κ3) is 23.7. The van der Waals surface area contributed by atoms with E-state index in [-0.39, 0.29) is 0 Å². The van der Waals surface area contributed by atoms with Crippen LogP contribution in [0, 0.1) is 0 Å². The van der Waals surface area contributed by atoms with E-state index in [1.807, 2.05) is 0 Å². The van der Waals surface area contributed by atoms with Crippen molar-refractivity contribution in [2.24, 2.45) is 0 Å². The maximum absolute atomic E-state index is 10.3. The second-order valence-electron chi connectivity index (χ2n) is 8.92. The molecule has 0 aliphatic rings. The van der Waals surface area contributed by atoms with Gasteiger partial charge in [0.1, 0.15) is 6.29 Å². The Kier molecular flexibility index (Phi) is 24.3. The van der Waals surface area contributed by atoms with Crippen molar-refractivity contribution >= 4 is 6.29 Å². The SMILES string of the molecule is CCCCCCCCCCCCCCCCCCCCCCCC(O)CC=O. The van der Waals surface area contributed by atoms with Crippen molar-refractivity contribution < 1.29 is 9.90 Å². The minimum absolute atomic E-state index is 0.305. The fourth-order valence-corrected chi connectivity index (χ4v) is 4.04. The Bertz CT molecular complexity index is 290. The Hall–Kier alpha value is -0.370. The summed E-state index contributed by atoms with van der Waals surface area (Å²) in [4.78, 5) is 10.3. The number of unbranched alkanes of at least 4 members (excludes halogenated alkanes) is 20. The molecule has 2 heteroatoms. The van der Waals surface area contributed by atoms with Crippen LogP contribution in [0.25, 0.3) is 0 Å². The average Bonchev–Trinajstić information content (AvgIpc) is 2.69. The Morgan fingerprint density at radius 1 is 0.536 bits per heavy atom. The van der Waals surface area contributed by atoms with Gasteiger partial charge in [0, 0.05) is 6.42 Å². The van der Waals surface area contributed by atoms with Crippen LogP contribution in [-0.4, -0.2) is 17.5 Å². The molecule has 0 aromatic heterocycles. The fourth-order valence-electron chi connectivity index (χ4n) is 4.04. The van der Waals surface area contributed by atoms with Crippen LogP contribution in [0.1, 0.15) is 155 Å². The molecule has 0 radical (unpaired) electrons. The lowest BCUT2D eigenvalue weighted by Gasteiger charge is -2.06. The highest BCUT2D eigenvalue weighted by atomic mass is 16.3. The predicted octanol–water partition coefficient (Wildman–Crippen LogP) is 8.54. The summed E-state index contributed by atoms with van der Waals surface area (Å²) in [6, 6.07) is 0. The van der Waals surface area contributed by atoms with Gasteiger partial charge in [-0.25, -0.2) is 0 Å². The van der Waals surface area contributed by atoms with E-state index in [0.29, 0.717) is 6.42 Å². The average molecular weight is 397 g/mol. The number of aldehydes is 1. The van der Waals surface area contributed by atoms with E-state index < -0.39 is 6.10 Å². The molecule has 28 heavy (non-hydrogen) atoms. The maximum atomic E-state index is 10.3. The molecule has 0 saturated carbocycles. The summed E-state index contributed by atoms with van der Waals surface area (Å²) in [6.07, 6.45) is 30.8. The first kappa shape index (κ1) is 27.6. The molecule has 1 atom stereocenters. The number of rotatable bonds is 24. The normalized spacial score (nSPS) is 12.4.